The summed E-state index contributed by atoms with van der Waals surface area (Å²) in [5.74, 6) is 0. The van der Waals surface area contributed by atoms with Crippen molar-refractivity contribution in [2.75, 3.05) is 29.9 Å². The molecule has 1 aromatic rings. The Labute approximate surface area is 189 Å². The lowest BCUT2D eigenvalue weighted by molar-refractivity contribution is 0.0218. The van der Waals surface area contributed by atoms with Crippen molar-refractivity contribution in [1.29, 1.82) is 5.26 Å². The molecule has 1 aliphatic rings. The van der Waals surface area contributed by atoms with E-state index < -0.39 is 17.3 Å². The first-order valence-corrected chi connectivity index (χ1v) is 10.6. The Bertz CT molecular complexity index is 883. The fourth-order valence-corrected chi connectivity index (χ4v) is 3.46. The number of nitrogens with one attached hydrogen (secondary N) is 1. The van der Waals surface area contributed by atoms with Crippen LogP contribution in [0.15, 0.2) is 12.1 Å². The fraction of sp³-hybridized carbons (Fsp3) is 0.591. The number of amides is 2. The van der Waals surface area contributed by atoms with Gasteiger partial charge in [-0.25, -0.2) is 9.59 Å². The highest BCUT2D eigenvalue weighted by Gasteiger charge is 2.31. The number of nitriles is 1. The first-order chi connectivity index (χ1) is 14.2. The third kappa shape index (κ3) is 6.93. The number of hydrogen-bond donors (Lipinski definition) is 1. The zero-order valence-corrected chi connectivity index (χ0v) is 20.0. The lowest BCUT2D eigenvalue weighted by Gasteiger charge is -2.42. The molecule has 2 rings (SSSR count). The van der Waals surface area contributed by atoms with E-state index in [9.17, 15) is 14.9 Å². The third-order valence-corrected chi connectivity index (χ3v) is 4.80. The summed E-state index contributed by atoms with van der Waals surface area (Å²) >= 11 is 6.61. The highest BCUT2D eigenvalue weighted by atomic mass is 35.5. The maximum Gasteiger partial charge on any atom is 0.412 e. The molecule has 9 heteroatoms. The van der Waals surface area contributed by atoms with Crippen LogP contribution < -0.4 is 10.2 Å². The summed E-state index contributed by atoms with van der Waals surface area (Å²) in [7, 11) is 0. The molecule has 170 valence electrons. The van der Waals surface area contributed by atoms with Gasteiger partial charge in [-0.1, -0.05) is 11.6 Å². The number of ether oxygens (including phenoxy) is 2. The van der Waals surface area contributed by atoms with Crippen molar-refractivity contribution >= 4 is 35.2 Å². The van der Waals surface area contributed by atoms with Crippen LogP contribution in [0.1, 0.15) is 54.0 Å². The van der Waals surface area contributed by atoms with E-state index in [2.05, 4.69) is 11.4 Å². The normalized spacial score (nSPS) is 17.1. The molecule has 1 atom stereocenters. The lowest BCUT2D eigenvalue weighted by atomic mass is 10.1. The maximum atomic E-state index is 12.4. The number of halogens is 1. The van der Waals surface area contributed by atoms with Crippen molar-refractivity contribution in [2.24, 2.45) is 0 Å². The molecule has 0 spiro atoms. The number of carbonyl (C=O) groups is 2. The van der Waals surface area contributed by atoms with Crippen LogP contribution in [-0.4, -0.2) is 54.0 Å². The number of nitrogens with zero attached hydrogens (tertiary/aromatic N) is 3. The number of benzene rings is 1. The molecule has 1 N–H and O–H groups in total. The fourth-order valence-electron chi connectivity index (χ4n) is 3.20. The van der Waals surface area contributed by atoms with Crippen molar-refractivity contribution < 1.29 is 19.1 Å². The minimum atomic E-state index is -0.668. The van der Waals surface area contributed by atoms with E-state index in [0.717, 1.165) is 0 Å². The zero-order valence-electron chi connectivity index (χ0n) is 19.2. The van der Waals surface area contributed by atoms with Gasteiger partial charge in [-0.2, -0.15) is 5.26 Å². The second-order valence-corrected chi connectivity index (χ2v) is 9.94. The Hall–Kier alpha value is -2.66. The summed E-state index contributed by atoms with van der Waals surface area (Å²) in [5.41, 5.74) is 0.0325. The molecule has 1 aromatic carbocycles. The Morgan fingerprint density at radius 2 is 1.74 bits per heavy atom. The summed E-state index contributed by atoms with van der Waals surface area (Å²) in [6.07, 6.45) is -1.01. The minimum Gasteiger partial charge on any atom is -0.444 e. The predicted octanol–water partition coefficient (Wildman–Crippen LogP) is 5.00. The first kappa shape index (κ1) is 24.6. The molecule has 0 bridgehead atoms. The summed E-state index contributed by atoms with van der Waals surface area (Å²) in [4.78, 5) is 28.3. The van der Waals surface area contributed by atoms with Crippen molar-refractivity contribution in [1.82, 2.24) is 4.90 Å². The van der Waals surface area contributed by atoms with E-state index in [1.54, 1.807) is 31.7 Å². The summed E-state index contributed by atoms with van der Waals surface area (Å²) in [6, 6.07) is 5.21. The molecular formula is C22H31ClN4O4. The van der Waals surface area contributed by atoms with Crippen LogP contribution in [0.5, 0.6) is 0 Å². The van der Waals surface area contributed by atoms with Gasteiger partial charge in [0.1, 0.15) is 11.2 Å². The summed E-state index contributed by atoms with van der Waals surface area (Å²) < 4.78 is 10.8. The number of hydrogen-bond acceptors (Lipinski definition) is 6. The standard InChI is InChI=1S/C22H31ClN4O4/c1-14-13-26(20(29)31-22(5,6)7)8-9-27(14)17-11-15(12-24)10-16(18(17)23)25-19(28)30-21(2,3)4/h10-11,14H,8-9,13H2,1-7H3,(H,25,28)/t14-/m0/s1. The van der Waals surface area contributed by atoms with Crippen LogP contribution in [0.3, 0.4) is 0 Å². The van der Waals surface area contributed by atoms with Crippen LogP contribution in [0.25, 0.3) is 0 Å². The average molecular weight is 451 g/mol. The van der Waals surface area contributed by atoms with Crippen LogP contribution >= 0.6 is 11.6 Å². The Morgan fingerprint density at radius 1 is 1.13 bits per heavy atom. The van der Waals surface area contributed by atoms with Gasteiger partial charge in [0.2, 0.25) is 0 Å². The molecule has 31 heavy (non-hydrogen) atoms. The van der Waals surface area contributed by atoms with Gasteiger partial charge in [0.25, 0.3) is 0 Å². The molecule has 1 fully saturated rings. The van der Waals surface area contributed by atoms with Gasteiger partial charge < -0.3 is 19.3 Å². The number of carbonyl (C=O) groups excluding carboxylic acids is 2. The highest BCUT2D eigenvalue weighted by molar-refractivity contribution is 6.36. The smallest absolute Gasteiger partial charge is 0.412 e. The van der Waals surface area contributed by atoms with E-state index in [1.807, 2.05) is 32.6 Å². The van der Waals surface area contributed by atoms with Crippen LogP contribution in [0.2, 0.25) is 5.02 Å². The summed E-state index contributed by atoms with van der Waals surface area (Å²) in [5, 5.41) is 12.4. The molecule has 1 heterocycles. The number of anilines is 2. The average Bonchev–Trinajstić information content (AvgIpc) is 2.60. The van der Waals surface area contributed by atoms with Crippen LogP contribution in [-0.2, 0) is 9.47 Å². The maximum absolute atomic E-state index is 12.4. The first-order valence-electron chi connectivity index (χ1n) is 10.2. The number of rotatable bonds is 2. The quantitative estimate of drug-likeness (QED) is 0.680. The van der Waals surface area contributed by atoms with Crippen molar-refractivity contribution in [3.63, 3.8) is 0 Å². The topological polar surface area (TPSA) is 94.9 Å². The number of piperazine rings is 1. The lowest BCUT2D eigenvalue weighted by Crippen LogP contribution is -2.54. The molecule has 0 aliphatic carbocycles. The molecule has 8 nitrogen and oxygen atoms in total. The van der Waals surface area contributed by atoms with Crippen molar-refractivity contribution in [2.45, 2.75) is 65.7 Å². The second kappa shape index (κ2) is 9.23. The minimum absolute atomic E-state index is 0.0814. The molecule has 1 saturated heterocycles. The van der Waals surface area contributed by atoms with Gasteiger partial charge in [-0.3, -0.25) is 5.32 Å². The van der Waals surface area contributed by atoms with Crippen molar-refractivity contribution in [3.8, 4) is 6.07 Å². The van der Waals surface area contributed by atoms with Gasteiger partial charge in [-0.15, -0.1) is 0 Å². The zero-order chi connectivity index (χ0) is 23.6. The highest BCUT2D eigenvalue weighted by Crippen LogP contribution is 2.36. The Kier molecular flexibility index (Phi) is 7.32. The molecule has 0 aromatic heterocycles. The van der Waals surface area contributed by atoms with Crippen molar-refractivity contribution in [3.05, 3.63) is 22.7 Å². The SMILES string of the molecule is C[C@H]1CN(C(=O)OC(C)(C)C)CCN1c1cc(C#N)cc(NC(=O)OC(C)(C)C)c1Cl. The molecule has 2 amide bonds. The van der Waals surface area contributed by atoms with Gasteiger partial charge in [0.05, 0.1) is 28.0 Å². The molecule has 1 aliphatic heterocycles. The largest absolute Gasteiger partial charge is 0.444 e. The van der Waals surface area contributed by atoms with Gasteiger partial charge in [-0.05, 0) is 60.6 Å². The molecule has 0 radical (unpaired) electrons. The molecular weight excluding hydrogens is 420 g/mol. The Morgan fingerprint density at radius 3 is 2.26 bits per heavy atom. The van der Waals surface area contributed by atoms with Gasteiger partial charge in [0.15, 0.2) is 0 Å². The van der Waals surface area contributed by atoms with E-state index in [1.165, 1.54) is 6.07 Å². The Balaban J connectivity index is 2.24. The molecule has 0 unspecified atom stereocenters. The van der Waals surface area contributed by atoms with E-state index in [0.29, 0.717) is 41.6 Å². The van der Waals surface area contributed by atoms with Gasteiger partial charge >= 0.3 is 12.2 Å². The van der Waals surface area contributed by atoms with E-state index in [-0.39, 0.29) is 12.1 Å². The third-order valence-electron chi connectivity index (χ3n) is 4.41. The molecule has 0 saturated carbocycles. The predicted molar refractivity (Wildman–Crippen MR) is 121 cm³/mol. The van der Waals surface area contributed by atoms with Gasteiger partial charge in [0, 0.05) is 25.7 Å². The summed E-state index contributed by atoms with van der Waals surface area (Å²) in [6.45, 7) is 14.1. The monoisotopic (exact) mass is 450 g/mol. The second-order valence-electron chi connectivity index (χ2n) is 9.56. The van der Waals surface area contributed by atoms with E-state index >= 15 is 0 Å². The van der Waals surface area contributed by atoms with Crippen LogP contribution in [0, 0.1) is 11.3 Å². The van der Waals surface area contributed by atoms with E-state index in [4.69, 9.17) is 21.1 Å². The van der Waals surface area contributed by atoms with Crippen LogP contribution in [0.4, 0.5) is 21.0 Å².